The van der Waals surface area contributed by atoms with Crippen LogP contribution in [0.5, 0.6) is 0 Å². The van der Waals surface area contributed by atoms with E-state index in [0.717, 1.165) is 5.01 Å². The van der Waals surface area contributed by atoms with E-state index < -0.39 is 6.10 Å². The van der Waals surface area contributed by atoms with Gasteiger partial charge in [0.1, 0.15) is 0 Å². The summed E-state index contributed by atoms with van der Waals surface area (Å²) in [6.45, 7) is 4.09. The highest BCUT2D eigenvalue weighted by Gasteiger charge is 2.13. The van der Waals surface area contributed by atoms with Gasteiger partial charge in [0.05, 0.1) is 24.5 Å². The molecule has 2 rings (SSSR count). The molecular weight excluding hydrogens is 276 g/mol. The molecular formula is C14H18N2O3S. The molecule has 1 unspecified atom stereocenters. The predicted octanol–water partition coefficient (Wildman–Crippen LogP) is 2.08. The van der Waals surface area contributed by atoms with Gasteiger partial charge < -0.3 is 14.8 Å². The second kappa shape index (κ2) is 6.67. The Balaban J connectivity index is 1.86. The fraction of sp³-hybridized carbons (Fsp3) is 0.429. The number of aliphatic hydroxyl groups is 1. The molecule has 0 saturated carbocycles. The molecule has 1 atom stereocenters. The van der Waals surface area contributed by atoms with E-state index in [1.807, 2.05) is 25.3 Å². The van der Waals surface area contributed by atoms with Crippen molar-refractivity contribution in [3.05, 3.63) is 29.5 Å². The zero-order chi connectivity index (χ0) is 14.5. The number of carbonyl (C=O) groups is 1. The molecule has 108 valence electrons. The Morgan fingerprint density at radius 3 is 3.00 bits per heavy atom. The molecule has 6 heteroatoms. The Hall–Kier alpha value is -1.66. The van der Waals surface area contributed by atoms with Crippen LogP contribution in [0.15, 0.2) is 28.2 Å². The quantitative estimate of drug-likeness (QED) is 0.855. The van der Waals surface area contributed by atoms with Crippen molar-refractivity contribution < 1.29 is 14.3 Å². The maximum Gasteiger partial charge on any atom is 0.226 e. The smallest absolute Gasteiger partial charge is 0.226 e. The Bertz CT molecular complexity index is 549. The lowest BCUT2D eigenvalue weighted by Crippen LogP contribution is -2.35. The van der Waals surface area contributed by atoms with E-state index >= 15 is 0 Å². The highest BCUT2D eigenvalue weighted by atomic mass is 32.1. The summed E-state index contributed by atoms with van der Waals surface area (Å²) in [5.74, 6) is 0.693. The summed E-state index contributed by atoms with van der Waals surface area (Å²) in [4.78, 5) is 16.1. The van der Waals surface area contributed by atoms with E-state index in [1.165, 1.54) is 11.3 Å². The van der Waals surface area contributed by atoms with Crippen molar-refractivity contribution in [2.75, 3.05) is 6.54 Å². The number of hydrogen-bond donors (Lipinski definition) is 2. The van der Waals surface area contributed by atoms with Crippen LogP contribution in [0.2, 0.25) is 0 Å². The first-order valence-electron chi connectivity index (χ1n) is 6.49. The lowest BCUT2D eigenvalue weighted by atomic mass is 10.1. The van der Waals surface area contributed by atoms with Gasteiger partial charge in [-0.25, -0.2) is 4.98 Å². The molecule has 0 radical (unpaired) electrons. The third kappa shape index (κ3) is 3.91. The van der Waals surface area contributed by atoms with Gasteiger partial charge in [-0.3, -0.25) is 4.79 Å². The topological polar surface area (TPSA) is 75.4 Å². The Morgan fingerprint density at radius 1 is 1.55 bits per heavy atom. The third-order valence-corrected chi connectivity index (χ3v) is 3.81. The number of amides is 1. The van der Waals surface area contributed by atoms with Gasteiger partial charge in [-0.2, -0.15) is 0 Å². The maximum atomic E-state index is 11.8. The van der Waals surface area contributed by atoms with Crippen LogP contribution in [-0.2, 0) is 11.2 Å². The number of carbonyl (C=O) groups excluding carboxylic acids is 1. The molecule has 1 amide bonds. The summed E-state index contributed by atoms with van der Waals surface area (Å²) >= 11 is 1.44. The van der Waals surface area contributed by atoms with E-state index in [2.05, 4.69) is 10.3 Å². The fourth-order valence-corrected chi connectivity index (χ4v) is 2.37. The average Bonchev–Trinajstić information content (AvgIpc) is 3.05. The van der Waals surface area contributed by atoms with Crippen LogP contribution in [0.3, 0.4) is 0 Å². The Kier molecular flexibility index (Phi) is 4.92. The first kappa shape index (κ1) is 14.7. The molecule has 2 aromatic rings. The molecule has 0 spiro atoms. The van der Waals surface area contributed by atoms with Crippen molar-refractivity contribution in [1.29, 1.82) is 0 Å². The summed E-state index contributed by atoms with van der Waals surface area (Å²) in [7, 11) is 0. The van der Waals surface area contributed by atoms with Crippen molar-refractivity contribution >= 4 is 17.2 Å². The number of nitrogens with zero attached hydrogens (tertiary/aromatic N) is 1. The molecule has 0 aromatic carbocycles. The molecule has 20 heavy (non-hydrogen) atoms. The van der Waals surface area contributed by atoms with Gasteiger partial charge in [0.15, 0.2) is 10.8 Å². The van der Waals surface area contributed by atoms with Crippen LogP contribution in [0.4, 0.5) is 0 Å². The van der Waals surface area contributed by atoms with Crippen molar-refractivity contribution in [3.8, 4) is 10.8 Å². The second-order valence-corrected chi connectivity index (χ2v) is 5.77. The van der Waals surface area contributed by atoms with Crippen LogP contribution in [0, 0.1) is 5.92 Å². The normalized spacial score (nSPS) is 12.6. The zero-order valence-corrected chi connectivity index (χ0v) is 12.3. The highest BCUT2D eigenvalue weighted by Crippen LogP contribution is 2.23. The number of nitrogens with one attached hydrogen (secondary N) is 1. The van der Waals surface area contributed by atoms with Crippen LogP contribution >= 0.6 is 11.3 Å². The zero-order valence-electron chi connectivity index (χ0n) is 11.5. The molecule has 2 aromatic heterocycles. The number of furan rings is 1. The first-order valence-corrected chi connectivity index (χ1v) is 7.37. The SMILES string of the molecule is CC(C)C(O)CNC(=O)Cc1csc(-c2ccco2)n1. The maximum absolute atomic E-state index is 11.8. The average molecular weight is 294 g/mol. The van der Waals surface area contributed by atoms with Gasteiger partial charge in [-0.1, -0.05) is 13.8 Å². The largest absolute Gasteiger partial charge is 0.462 e. The molecule has 0 aliphatic carbocycles. The molecule has 2 heterocycles. The van der Waals surface area contributed by atoms with Crippen molar-refractivity contribution in [2.24, 2.45) is 5.92 Å². The van der Waals surface area contributed by atoms with E-state index in [1.54, 1.807) is 12.3 Å². The lowest BCUT2D eigenvalue weighted by Gasteiger charge is -2.14. The van der Waals surface area contributed by atoms with Gasteiger partial charge in [0.2, 0.25) is 5.91 Å². The summed E-state index contributed by atoms with van der Waals surface area (Å²) in [5.41, 5.74) is 0.706. The number of thiazole rings is 1. The van der Waals surface area contributed by atoms with Crippen molar-refractivity contribution in [2.45, 2.75) is 26.4 Å². The number of aromatic nitrogens is 1. The minimum Gasteiger partial charge on any atom is -0.462 e. The van der Waals surface area contributed by atoms with Crippen molar-refractivity contribution in [1.82, 2.24) is 10.3 Å². The predicted molar refractivity (Wildman–Crippen MR) is 77.4 cm³/mol. The molecule has 0 fully saturated rings. The first-order chi connectivity index (χ1) is 9.56. The molecule has 5 nitrogen and oxygen atoms in total. The van der Waals surface area contributed by atoms with Crippen molar-refractivity contribution in [3.63, 3.8) is 0 Å². The third-order valence-electron chi connectivity index (χ3n) is 2.90. The van der Waals surface area contributed by atoms with Crippen LogP contribution < -0.4 is 5.32 Å². The van der Waals surface area contributed by atoms with Gasteiger partial charge in [-0.15, -0.1) is 11.3 Å². The Morgan fingerprint density at radius 2 is 2.35 bits per heavy atom. The monoisotopic (exact) mass is 294 g/mol. The van der Waals surface area contributed by atoms with Crippen LogP contribution in [0.25, 0.3) is 10.8 Å². The summed E-state index contributed by atoms with van der Waals surface area (Å²) in [6, 6.07) is 3.64. The van der Waals surface area contributed by atoms with E-state index in [0.29, 0.717) is 11.5 Å². The van der Waals surface area contributed by atoms with Crippen LogP contribution in [-0.4, -0.2) is 28.6 Å². The summed E-state index contributed by atoms with van der Waals surface area (Å²) in [6.07, 6.45) is 1.28. The number of rotatable bonds is 6. The van der Waals surface area contributed by atoms with E-state index in [9.17, 15) is 9.90 Å². The molecule has 0 saturated heterocycles. The minimum atomic E-state index is -0.520. The second-order valence-electron chi connectivity index (χ2n) is 4.91. The molecule has 2 N–H and O–H groups in total. The molecule has 0 aliphatic rings. The lowest BCUT2D eigenvalue weighted by molar-refractivity contribution is -0.121. The van der Waals surface area contributed by atoms with Crippen LogP contribution in [0.1, 0.15) is 19.5 Å². The number of aliphatic hydroxyl groups excluding tert-OH is 1. The van der Waals surface area contributed by atoms with E-state index in [4.69, 9.17) is 4.42 Å². The molecule has 0 bridgehead atoms. The van der Waals surface area contributed by atoms with Gasteiger partial charge in [-0.05, 0) is 18.1 Å². The summed E-state index contributed by atoms with van der Waals surface area (Å²) < 4.78 is 5.26. The fourth-order valence-electron chi connectivity index (χ4n) is 1.58. The van der Waals surface area contributed by atoms with E-state index in [-0.39, 0.29) is 24.8 Å². The Labute approximate surface area is 121 Å². The minimum absolute atomic E-state index is 0.125. The molecule has 0 aliphatic heterocycles. The summed E-state index contributed by atoms with van der Waals surface area (Å²) in [5, 5.41) is 14.9. The van der Waals surface area contributed by atoms with Gasteiger partial charge in [0.25, 0.3) is 0 Å². The highest BCUT2D eigenvalue weighted by molar-refractivity contribution is 7.13. The number of hydrogen-bond acceptors (Lipinski definition) is 5. The standard InChI is InChI=1S/C14H18N2O3S/c1-9(2)11(17)7-15-13(18)6-10-8-20-14(16-10)12-4-3-5-19-12/h3-5,8-9,11,17H,6-7H2,1-2H3,(H,15,18). The van der Waals surface area contributed by atoms with Gasteiger partial charge >= 0.3 is 0 Å². The van der Waals surface area contributed by atoms with Gasteiger partial charge in [0, 0.05) is 11.9 Å².